The molecule has 5 rings (SSSR count). The first-order chi connectivity index (χ1) is 17.2. The Hall–Kier alpha value is -2.97. The van der Waals surface area contributed by atoms with Crippen LogP contribution >= 0.6 is 0 Å². The maximum Gasteiger partial charge on any atom is 0.260 e. The molecule has 0 unspecified atom stereocenters. The summed E-state index contributed by atoms with van der Waals surface area (Å²) in [7, 11) is 1.26. The van der Waals surface area contributed by atoms with Gasteiger partial charge in [0.1, 0.15) is 0 Å². The molecule has 1 saturated heterocycles. The molecule has 3 aromatic rings. The van der Waals surface area contributed by atoms with E-state index >= 15 is 0 Å². The smallest absolute Gasteiger partial charge is 0.260 e. The molecular formula is C23H27BMoN6O5-. The summed E-state index contributed by atoms with van der Waals surface area (Å²) in [4.78, 5) is 11.5. The van der Waals surface area contributed by atoms with Crippen molar-refractivity contribution in [3.05, 3.63) is 80.3 Å². The molecule has 11 nitrogen and oxygen atoms in total. The second-order valence-corrected chi connectivity index (χ2v) is 7.73. The zero-order valence-corrected chi connectivity index (χ0v) is 22.1. The van der Waals surface area contributed by atoms with Crippen molar-refractivity contribution in [2.45, 2.75) is 32.3 Å². The molecule has 1 aliphatic heterocycles. The first-order valence-corrected chi connectivity index (χ1v) is 11.0. The van der Waals surface area contributed by atoms with E-state index in [1.54, 1.807) is 32.4 Å². The Bertz CT molecular complexity index is 982. The summed E-state index contributed by atoms with van der Waals surface area (Å²) in [6, 6.07) is 5.62. The van der Waals surface area contributed by atoms with Gasteiger partial charge in [-0.05, 0) is 67.5 Å². The Balaban J connectivity index is 0.000000310. The van der Waals surface area contributed by atoms with Gasteiger partial charge >= 0.3 is 28.6 Å². The van der Waals surface area contributed by atoms with Gasteiger partial charge in [-0.25, -0.2) is 15.3 Å². The van der Waals surface area contributed by atoms with Gasteiger partial charge < -0.3 is 23.3 Å². The molecule has 1 radical (unpaired) electrons. The number of fused-ring (bicyclic) bond motifs is 1. The van der Waals surface area contributed by atoms with Gasteiger partial charge in [-0.1, -0.05) is 13.0 Å². The molecule has 1 fully saturated rings. The molecule has 0 saturated carbocycles. The van der Waals surface area contributed by atoms with Gasteiger partial charge in [0.25, 0.3) is 7.12 Å². The summed E-state index contributed by atoms with van der Waals surface area (Å²) in [5.41, 5.74) is 1.38. The number of rotatable bonds is 4. The SMILES string of the molecule is COC(=O)[C@@H]1C[C@@H]2OCCCC2=C[C@@H]1C.[C-]#[O+].[C-]#[O+].[Mo].c1cnn([B-](n2cccn2)n2cccn2)c1. The van der Waals surface area contributed by atoms with E-state index in [0.29, 0.717) is 0 Å². The van der Waals surface area contributed by atoms with Crippen LogP contribution in [0.3, 0.4) is 0 Å². The first kappa shape index (κ1) is 31.1. The molecule has 3 aromatic heterocycles. The van der Waals surface area contributed by atoms with Gasteiger partial charge in [0, 0.05) is 46.3 Å². The Kier molecular flexibility index (Phi) is 14.4. The fourth-order valence-electron chi connectivity index (χ4n) is 4.16. The van der Waals surface area contributed by atoms with Crippen molar-refractivity contribution in [2.24, 2.45) is 11.8 Å². The van der Waals surface area contributed by atoms with Crippen LogP contribution in [0.2, 0.25) is 0 Å². The number of esters is 1. The Morgan fingerprint density at radius 2 is 1.53 bits per heavy atom. The van der Waals surface area contributed by atoms with Crippen LogP contribution in [-0.2, 0) is 44.6 Å². The van der Waals surface area contributed by atoms with E-state index in [4.69, 9.17) is 18.8 Å². The molecule has 2 aliphatic rings. The number of aromatic nitrogens is 6. The Morgan fingerprint density at radius 3 is 1.94 bits per heavy atom. The van der Waals surface area contributed by atoms with Crippen molar-refractivity contribution in [3.8, 4) is 0 Å². The summed E-state index contributed by atoms with van der Waals surface area (Å²) in [6.45, 7) is 11.9. The molecule has 189 valence electrons. The van der Waals surface area contributed by atoms with Crippen LogP contribution in [0.1, 0.15) is 26.2 Å². The van der Waals surface area contributed by atoms with Gasteiger partial charge in [-0.15, -0.1) is 0 Å². The van der Waals surface area contributed by atoms with E-state index in [0.717, 1.165) is 25.9 Å². The van der Waals surface area contributed by atoms with Crippen molar-refractivity contribution < 1.29 is 44.6 Å². The third-order valence-corrected chi connectivity index (χ3v) is 5.71. The average Bonchev–Trinajstić information content (AvgIpc) is 3.72. The third-order valence-electron chi connectivity index (χ3n) is 5.71. The molecular weight excluding hydrogens is 547 g/mol. The fourth-order valence-corrected chi connectivity index (χ4v) is 4.16. The van der Waals surface area contributed by atoms with Crippen LogP contribution in [0.4, 0.5) is 0 Å². The van der Waals surface area contributed by atoms with Crippen LogP contribution in [0, 0.1) is 25.1 Å². The predicted molar refractivity (Wildman–Crippen MR) is 123 cm³/mol. The number of hydrogen-bond acceptors (Lipinski definition) is 6. The van der Waals surface area contributed by atoms with Crippen LogP contribution in [0.5, 0.6) is 0 Å². The summed E-state index contributed by atoms with van der Waals surface area (Å²) in [5, 5.41) is 12.7. The Labute approximate surface area is 224 Å². The molecule has 0 bridgehead atoms. The monoisotopic (exact) mass is 576 g/mol. The molecule has 4 heterocycles. The summed E-state index contributed by atoms with van der Waals surface area (Å²) >= 11 is 0. The zero-order valence-electron chi connectivity index (χ0n) is 20.0. The van der Waals surface area contributed by atoms with Gasteiger partial charge in [0.15, 0.2) is 0 Å². The standard InChI is InChI=1S/C12H18O3.C9H9BN6.2CO.Mo/c1-8-6-9-4-3-5-15-11(9)7-10(8)12(13)14-2;1-4-11-14(7-1)10(15-8-2-5-12-15)16-9-3-6-13-16;2*1-2;/h6,8,10-11H,3-5,7H2,1-2H3;1-9H;;;/q;-1;;;/t8-,10+,11-;;;;/m0..../s1. The zero-order chi connectivity index (χ0) is 25.6. The van der Waals surface area contributed by atoms with E-state index in [1.807, 2.05) is 36.8 Å². The van der Waals surface area contributed by atoms with Crippen LogP contribution in [0.25, 0.3) is 0 Å². The number of ether oxygens (including phenoxy) is 2. The van der Waals surface area contributed by atoms with Crippen molar-refractivity contribution >= 4 is 13.1 Å². The number of carbonyl (C=O) groups is 1. The van der Waals surface area contributed by atoms with Crippen LogP contribution in [-0.4, -0.2) is 62.0 Å². The maximum absolute atomic E-state index is 11.5. The first-order valence-electron chi connectivity index (χ1n) is 11.0. The molecule has 3 atom stereocenters. The number of allylic oxidation sites excluding steroid dienone is 1. The Morgan fingerprint density at radius 1 is 1.03 bits per heavy atom. The minimum absolute atomic E-state index is 0. The fraction of sp³-hybridized carbons (Fsp3) is 0.391. The number of nitrogens with zero attached hydrogens (tertiary/aromatic N) is 6. The van der Waals surface area contributed by atoms with E-state index in [1.165, 1.54) is 12.7 Å². The second kappa shape index (κ2) is 16.7. The maximum atomic E-state index is 11.5. The molecule has 0 spiro atoms. The molecule has 0 N–H and O–H groups in total. The number of hydrogen-bond donors (Lipinski definition) is 0. The molecule has 1 aliphatic carbocycles. The van der Waals surface area contributed by atoms with Crippen molar-refractivity contribution in [3.63, 3.8) is 0 Å². The van der Waals surface area contributed by atoms with Gasteiger partial charge in [0.05, 0.1) is 19.1 Å². The topological polar surface area (TPSA) is 129 Å². The van der Waals surface area contributed by atoms with Crippen LogP contribution in [0.15, 0.2) is 67.0 Å². The van der Waals surface area contributed by atoms with Crippen molar-refractivity contribution in [2.75, 3.05) is 13.7 Å². The van der Waals surface area contributed by atoms with Gasteiger partial charge in [-0.3, -0.25) is 4.79 Å². The van der Waals surface area contributed by atoms with E-state index in [9.17, 15) is 4.79 Å². The average molecular weight is 574 g/mol. The van der Waals surface area contributed by atoms with Crippen molar-refractivity contribution in [1.82, 2.24) is 29.1 Å². The largest absolute Gasteiger partial charge is 0.425 e. The summed E-state index contributed by atoms with van der Waals surface area (Å²) < 4.78 is 30.9. The molecule has 0 amide bonds. The minimum Gasteiger partial charge on any atom is -0.425 e. The quantitative estimate of drug-likeness (QED) is 0.154. The van der Waals surface area contributed by atoms with Crippen molar-refractivity contribution in [1.29, 1.82) is 0 Å². The molecule has 13 heteroatoms. The third kappa shape index (κ3) is 8.03. The van der Waals surface area contributed by atoms with Crippen LogP contribution < -0.4 is 0 Å². The molecule has 0 aromatic carbocycles. The second-order valence-electron chi connectivity index (χ2n) is 7.73. The van der Waals surface area contributed by atoms with Gasteiger partial charge in [0.2, 0.25) is 0 Å². The minimum atomic E-state index is -0.194. The van der Waals surface area contributed by atoms with E-state index in [-0.39, 0.29) is 52.1 Å². The number of methoxy groups -OCH3 is 1. The van der Waals surface area contributed by atoms with Gasteiger partial charge in [-0.2, -0.15) is 0 Å². The number of carbonyl (C=O) groups excluding carboxylic acids is 1. The van der Waals surface area contributed by atoms with E-state index < -0.39 is 0 Å². The normalized spacial score (nSPS) is 19.8. The summed E-state index contributed by atoms with van der Waals surface area (Å²) in [5.74, 6) is 0.152. The van der Waals surface area contributed by atoms with E-state index in [2.05, 4.69) is 41.6 Å². The molecule has 36 heavy (non-hydrogen) atoms. The predicted octanol–water partition coefficient (Wildman–Crippen LogP) is 2.05. The summed E-state index contributed by atoms with van der Waals surface area (Å²) in [6.07, 6.45) is 16.3.